The Morgan fingerprint density at radius 3 is 2.29 bits per heavy atom. The summed E-state index contributed by atoms with van der Waals surface area (Å²) in [5.74, 6) is 0.755. The number of unbranched alkanes of at least 4 members (excludes halogenated alkanes) is 3. The van der Waals surface area contributed by atoms with Gasteiger partial charge in [-0.05, 0) is 44.2 Å². The summed E-state index contributed by atoms with van der Waals surface area (Å²) < 4.78 is 0. The molecule has 1 heterocycles. The largest absolute Gasteiger partial charge is 0.362 e. The van der Waals surface area contributed by atoms with E-state index in [1.54, 1.807) is 0 Å². The van der Waals surface area contributed by atoms with E-state index < -0.39 is 0 Å². The van der Waals surface area contributed by atoms with Crippen LogP contribution >= 0.6 is 0 Å². The van der Waals surface area contributed by atoms with Crippen molar-refractivity contribution in [3.63, 3.8) is 0 Å². The SMILES string of the molecule is CCCCCCC(CCC)c1[nH]c(C)cc1C. The quantitative estimate of drug-likeness (QED) is 0.574. The molecule has 0 aliphatic heterocycles. The van der Waals surface area contributed by atoms with Gasteiger partial charge in [0.15, 0.2) is 0 Å². The zero-order chi connectivity index (χ0) is 12.7. The molecule has 0 aliphatic carbocycles. The second kappa shape index (κ2) is 7.58. The van der Waals surface area contributed by atoms with Gasteiger partial charge in [-0.3, -0.25) is 0 Å². The first kappa shape index (κ1) is 14.3. The number of rotatable bonds is 8. The molecule has 0 saturated carbocycles. The van der Waals surface area contributed by atoms with Crippen LogP contribution in [0.1, 0.15) is 81.7 Å². The van der Waals surface area contributed by atoms with Crippen molar-refractivity contribution in [2.24, 2.45) is 0 Å². The first-order valence-corrected chi connectivity index (χ1v) is 7.35. The summed E-state index contributed by atoms with van der Waals surface area (Å²) in [4.78, 5) is 3.57. The third-order valence-corrected chi connectivity index (χ3v) is 3.64. The van der Waals surface area contributed by atoms with Gasteiger partial charge in [-0.25, -0.2) is 0 Å². The maximum Gasteiger partial charge on any atom is 0.0210 e. The standard InChI is InChI=1S/C16H29N/c1-5-7-8-9-11-15(10-6-2)16-13(3)12-14(4)17-16/h12,15,17H,5-11H2,1-4H3. The van der Waals surface area contributed by atoms with Gasteiger partial charge in [0.1, 0.15) is 0 Å². The van der Waals surface area contributed by atoms with Crippen LogP contribution < -0.4 is 0 Å². The predicted molar refractivity (Wildman–Crippen MR) is 76.7 cm³/mol. The number of aromatic nitrogens is 1. The summed E-state index contributed by atoms with van der Waals surface area (Å²) in [6.45, 7) is 8.98. The lowest BCUT2D eigenvalue weighted by molar-refractivity contribution is 0.512. The van der Waals surface area contributed by atoms with Crippen molar-refractivity contribution < 1.29 is 0 Å². The first-order valence-electron chi connectivity index (χ1n) is 7.35. The van der Waals surface area contributed by atoms with Crippen LogP contribution in [0.5, 0.6) is 0 Å². The molecule has 1 atom stereocenters. The van der Waals surface area contributed by atoms with Crippen molar-refractivity contribution in [3.05, 3.63) is 23.0 Å². The van der Waals surface area contributed by atoms with E-state index in [9.17, 15) is 0 Å². The van der Waals surface area contributed by atoms with Gasteiger partial charge in [0.25, 0.3) is 0 Å². The smallest absolute Gasteiger partial charge is 0.0210 e. The van der Waals surface area contributed by atoms with Crippen molar-refractivity contribution in [3.8, 4) is 0 Å². The minimum Gasteiger partial charge on any atom is -0.362 e. The second-order valence-corrected chi connectivity index (χ2v) is 5.38. The Morgan fingerprint density at radius 2 is 1.76 bits per heavy atom. The maximum absolute atomic E-state index is 3.57. The molecule has 0 saturated heterocycles. The van der Waals surface area contributed by atoms with Gasteiger partial charge >= 0.3 is 0 Å². The maximum atomic E-state index is 3.57. The number of hydrogen-bond donors (Lipinski definition) is 1. The summed E-state index contributed by atoms with van der Waals surface area (Å²) in [6.07, 6.45) is 9.48. The van der Waals surface area contributed by atoms with E-state index in [0.717, 1.165) is 5.92 Å². The molecule has 98 valence electrons. The Kier molecular flexibility index (Phi) is 6.39. The van der Waals surface area contributed by atoms with Crippen molar-refractivity contribution >= 4 is 0 Å². The Labute approximate surface area is 107 Å². The van der Waals surface area contributed by atoms with Crippen LogP contribution in [-0.2, 0) is 0 Å². The van der Waals surface area contributed by atoms with Crippen LogP contribution in [0.3, 0.4) is 0 Å². The number of nitrogens with one attached hydrogen (secondary N) is 1. The van der Waals surface area contributed by atoms with Crippen LogP contribution in [0.25, 0.3) is 0 Å². The zero-order valence-electron chi connectivity index (χ0n) is 12.1. The van der Waals surface area contributed by atoms with E-state index in [-0.39, 0.29) is 0 Å². The van der Waals surface area contributed by atoms with E-state index in [1.165, 1.54) is 61.9 Å². The molecule has 1 aromatic heterocycles. The van der Waals surface area contributed by atoms with Gasteiger partial charge in [0.05, 0.1) is 0 Å². The Bertz CT molecular complexity index is 311. The monoisotopic (exact) mass is 235 g/mol. The van der Waals surface area contributed by atoms with Crippen molar-refractivity contribution in [1.29, 1.82) is 0 Å². The molecule has 0 radical (unpaired) electrons. The Balaban J connectivity index is 2.55. The van der Waals surface area contributed by atoms with Gasteiger partial charge < -0.3 is 4.98 Å². The van der Waals surface area contributed by atoms with Crippen molar-refractivity contribution in [2.45, 2.75) is 78.6 Å². The minimum absolute atomic E-state index is 0.755. The van der Waals surface area contributed by atoms with E-state index >= 15 is 0 Å². The highest BCUT2D eigenvalue weighted by Crippen LogP contribution is 2.29. The van der Waals surface area contributed by atoms with Gasteiger partial charge in [0.2, 0.25) is 0 Å². The predicted octanol–water partition coefficient (Wildman–Crippen LogP) is 5.49. The first-order chi connectivity index (χ1) is 8.19. The van der Waals surface area contributed by atoms with Crippen LogP contribution in [0.2, 0.25) is 0 Å². The van der Waals surface area contributed by atoms with Gasteiger partial charge in [-0.15, -0.1) is 0 Å². The molecule has 17 heavy (non-hydrogen) atoms. The fourth-order valence-electron chi connectivity index (χ4n) is 2.77. The summed E-state index contributed by atoms with van der Waals surface area (Å²) >= 11 is 0. The lowest BCUT2D eigenvalue weighted by Gasteiger charge is -2.16. The highest BCUT2D eigenvalue weighted by molar-refractivity contribution is 5.26. The van der Waals surface area contributed by atoms with Crippen molar-refractivity contribution in [1.82, 2.24) is 4.98 Å². The second-order valence-electron chi connectivity index (χ2n) is 5.38. The molecule has 0 bridgehead atoms. The Hall–Kier alpha value is -0.720. The molecule has 1 nitrogen and oxygen atoms in total. The third kappa shape index (κ3) is 4.57. The van der Waals surface area contributed by atoms with Crippen LogP contribution in [0, 0.1) is 13.8 Å². The molecule has 0 amide bonds. The average Bonchev–Trinajstić information content (AvgIpc) is 2.62. The number of aryl methyl sites for hydroxylation is 2. The highest BCUT2D eigenvalue weighted by Gasteiger charge is 2.14. The highest BCUT2D eigenvalue weighted by atomic mass is 14.7. The van der Waals surface area contributed by atoms with Gasteiger partial charge in [0, 0.05) is 11.4 Å². The van der Waals surface area contributed by atoms with Crippen LogP contribution in [-0.4, -0.2) is 4.98 Å². The number of H-pyrrole nitrogens is 1. The lowest BCUT2D eigenvalue weighted by atomic mass is 9.91. The topological polar surface area (TPSA) is 15.8 Å². The van der Waals surface area contributed by atoms with Gasteiger partial charge in [-0.1, -0.05) is 46.0 Å². The molecule has 1 N–H and O–H groups in total. The molecular weight excluding hydrogens is 206 g/mol. The number of aromatic amines is 1. The molecule has 1 unspecified atom stereocenters. The molecule has 1 heteroatoms. The molecule has 0 spiro atoms. The van der Waals surface area contributed by atoms with Crippen LogP contribution in [0.4, 0.5) is 0 Å². The fourth-order valence-corrected chi connectivity index (χ4v) is 2.77. The Morgan fingerprint density at radius 1 is 1.00 bits per heavy atom. The molecule has 1 aromatic rings. The minimum atomic E-state index is 0.755. The van der Waals surface area contributed by atoms with E-state index in [2.05, 4.69) is 38.7 Å². The average molecular weight is 235 g/mol. The molecular formula is C16H29N. The summed E-state index contributed by atoms with van der Waals surface area (Å²) in [5.41, 5.74) is 4.27. The molecule has 1 rings (SSSR count). The van der Waals surface area contributed by atoms with E-state index in [0.29, 0.717) is 0 Å². The van der Waals surface area contributed by atoms with Crippen molar-refractivity contribution in [2.75, 3.05) is 0 Å². The normalized spacial score (nSPS) is 12.9. The number of hydrogen-bond acceptors (Lipinski definition) is 0. The fraction of sp³-hybridized carbons (Fsp3) is 0.750. The lowest BCUT2D eigenvalue weighted by Crippen LogP contribution is -2.01. The summed E-state index contributed by atoms with van der Waals surface area (Å²) in [6, 6.07) is 2.28. The molecule has 0 fully saturated rings. The molecule has 0 aliphatic rings. The van der Waals surface area contributed by atoms with Gasteiger partial charge in [-0.2, -0.15) is 0 Å². The van der Waals surface area contributed by atoms with E-state index in [1.807, 2.05) is 0 Å². The van der Waals surface area contributed by atoms with Crippen LogP contribution in [0.15, 0.2) is 6.07 Å². The summed E-state index contributed by atoms with van der Waals surface area (Å²) in [5, 5.41) is 0. The zero-order valence-corrected chi connectivity index (χ0v) is 12.1. The third-order valence-electron chi connectivity index (χ3n) is 3.64. The molecule has 0 aromatic carbocycles. The summed E-state index contributed by atoms with van der Waals surface area (Å²) in [7, 11) is 0. The van der Waals surface area contributed by atoms with E-state index in [4.69, 9.17) is 0 Å².